The molecule has 3 aromatic carbocycles. The molecule has 0 aliphatic carbocycles. The van der Waals surface area contributed by atoms with Crippen molar-refractivity contribution in [2.75, 3.05) is 18.4 Å². The van der Waals surface area contributed by atoms with Crippen molar-refractivity contribution < 1.29 is 14.4 Å². The van der Waals surface area contributed by atoms with Crippen molar-refractivity contribution in [3.63, 3.8) is 0 Å². The Labute approximate surface area is 250 Å². The van der Waals surface area contributed by atoms with Gasteiger partial charge in [-0.3, -0.25) is 14.4 Å². The van der Waals surface area contributed by atoms with Crippen LogP contribution in [0, 0.1) is 0 Å². The topological polar surface area (TPSA) is 105 Å². The highest BCUT2D eigenvalue weighted by molar-refractivity contribution is 6.42. The number of carbonyl (C=O) groups is 3. The van der Waals surface area contributed by atoms with Crippen LogP contribution in [0.15, 0.2) is 72.8 Å². The highest BCUT2D eigenvalue weighted by atomic mass is 35.5. The van der Waals surface area contributed by atoms with E-state index in [2.05, 4.69) is 10.6 Å². The van der Waals surface area contributed by atoms with Crippen LogP contribution in [0.3, 0.4) is 0 Å². The molecule has 0 saturated carbocycles. The minimum absolute atomic E-state index is 0.0781. The molecule has 1 heterocycles. The second kappa shape index (κ2) is 14.8. The molecule has 1 aliphatic heterocycles. The normalized spacial score (nSPS) is 15.5. The molecule has 0 radical (unpaired) electrons. The van der Waals surface area contributed by atoms with Crippen LogP contribution in [0.1, 0.15) is 41.5 Å². The molecule has 9 heteroatoms. The minimum atomic E-state index is -0.674. The number of hydrogen-bond acceptors (Lipinski definition) is 4. The number of rotatable bonds is 10. The lowest BCUT2D eigenvalue weighted by atomic mass is 10.0. The average Bonchev–Trinajstić information content (AvgIpc) is 3.13. The molecule has 0 bridgehead atoms. The molecule has 1 unspecified atom stereocenters. The predicted octanol–water partition coefficient (Wildman–Crippen LogP) is 5.39. The Morgan fingerprint density at radius 3 is 2.44 bits per heavy atom. The zero-order valence-electron chi connectivity index (χ0n) is 22.7. The van der Waals surface area contributed by atoms with Crippen molar-refractivity contribution in [2.24, 2.45) is 5.73 Å². The van der Waals surface area contributed by atoms with Gasteiger partial charge in [-0.1, -0.05) is 65.7 Å². The molecule has 214 valence electrons. The Balaban J connectivity index is 1.27. The lowest BCUT2D eigenvalue weighted by molar-refractivity contribution is -0.137. The Kier molecular flexibility index (Phi) is 11.0. The van der Waals surface area contributed by atoms with Gasteiger partial charge in [0.25, 0.3) is 0 Å². The van der Waals surface area contributed by atoms with Crippen molar-refractivity contribution in [2.45, 2.75) is 44.7 Å². The number of nitrogens with two attached hydrogens (primary N) is 1. The van der Waals surface area contributed by atoms with Gasteiger partial charge in [-0.2, -0.15) is 0 Å². The third kappa shape index (κ3) is 9.18. The summed E-state index contributed by atoms with van der Waals surface area (Å²) >= 11 is 12.1. The SMILES string of the molecule is NCc1cccc(NC(=O)CN2CCCCC(NC(=O)C=Cc3ccc(CCc4ccc(Cl)c(Cl)c4)cc3)C2=O)c1. The standard InChI is InChI=1S/C32H34Cl2N4O3/c33-27-15-13-24(19-28(27)34)12-11-22-7-9-23(10-8-22)14-16-30(39)37-29-6-1-2-17-38(32(29)41)21-31(40)36-26-5-3-4-25(18-26)20-35/h3-5,7-10,13-16,18-19,29H,1-2,6,11-12,17,20-21,35H2,(H,36,40)(H,37,39). The van der Waals surface area contributed by atoms with Crippen LogP contribution in [0.2, 0.25) is 10.0 Å². The summed E-state index contributed by atoms with van der Waals surface area (Å²) in [6.07, 6.45) is 6.92. The zero-order valence-corrected chi connectivity index (χ0v) is 24.3. The molecular formula is C32H34Cl2N4O3. The van der Waals surface area contributed by atoms with E-state index in [1.165, 1.54) is 11.0 Å². The summed E-state index contributed by atoms with van der Waals surface area (Å²) in [6, 6.07) is 20.2. The molecule has 1 aliphatic rings. The Bertz CT molecular complexity index is 1410. The average molecular weight is 594 g/mol. The lowest BCUT2D eigenvalue weighted by Crippen LogP contribution is -2.49. The largest absolute Gasteiger partial charge is 0.341 e. The van der Waals surface area contributed by atoms with Crippen LogP contribution in [0.5, 0.6) is 0 Å². The maximum absolute atomic E-state index is 13.2. The van der Waals surface area contributed by atoms with Crippen molar-refractivity contribution in [3.05, 3.63) is 105 Å². The first kappa shape index (κ1) is 30.3. The quantitative estimate of drug-likeness (QED) is 0.275. The third-order valence-corrected chi connectivity index (χ3v) is 7.71. The fourth-order valence-electron chi connectivity index (χ4n) is 4.72. The van der Waals surface area contributed by atoms with Crippen LogP contribution in [-0.2, 0) is 33.8 Å². The number of halogens is 2. The summed E-state index contributed by atoms with van der Waals surface area (Å²) in [6.45, 7) is 0.761. The van der Waals surface area contributed by atoms with Gasteiger partial charge in [0.15, 0.2) is 0 Å². The minimum Gasteiger partial charge on any atom is -0.341 e. The summed E-state index contributed by atoms with van der Waals surface area (Å²) in [5.74, 6) is -0.891. The van der Waals surface area contributed by atoms with Gasteiger partial charge in [0.2, 0.25) is 17.7 Å². The Hall–Kier alpha value is -3.65. The van der Waals surface area contributed by atoms with E-state index in [1.54, 1.807) is 18.2 Å². The summed E-state index contributed by atoms with van der Waals surface area (Å²) in [7, 11) is 0. The maximum Gasteiger partial charge on any atom is 0.245 e. The van der Waals surface area contributed by atoms with Gasteiger partial charge in [0.05, 0.1) is 16.6 Å². The van der Waals surface area contributed by atoms with Crippen molar-refractivity contribution in [3.8, 4) is 0 Å². The Morgan fingerprint density at radius 1 is 0.927 bits per heavy atom. The molecule has 1 atom stereocenters. The summed E-state index contributed by atoms with van der Waals surface area (Å²) in [5.41, 5.74) is 10.4. The van der Waals surface area contributed by atoms with E-state index in [0.29, 0.717) is 35.2 Å². The zero-order chi connectivity index (χ0) is 29.2. The smallest absolute Gasteiger partial charge is 0.245 e. The lowest BCUT2D eigenvalue weighted by Gasteiger charge is -2.24. The van der Waals surface area contributed by atoms with Crippen LogP contribution in [0.4, 0.5) is 5.69 Å². The predicted molar refractivity (Wildman–Crippen MR) is 165 cm³/mol. The summed E-state index contributed by atoms with van der Waals surface area (Å²) in [5, 5.41) is 6.75. The molecule has 3 aromatic rings. The molecule has 7 nitrogen and oxygen atoms in total. The van der Waals surface area contributed by atoms with Gasteiger partial charge >= 0.3 is 0 Å². The molecular weight excluding hydrogens is 559 g/mol. The maximum atomic E-state index is 13.2. The van der Waals surface area contributed by atoms with Gasteiger partial charge in [0.1, 0.15) is 6.04 Å². The van der Waals surface area contributed by atoms with Crippen molar-refractivity contribution in [1.29, 1.82) is 0 Å². The number of aryl methyl sites for hydroxylation is 2. The van der Waals surface area contributed by atoms with E-state index >= 15 is 0 Å². The number of amides is 3. The molecule has 4 N–H and O–H groups in total. The molecule has 3 amide bonds. The summed E-state index contributed by atoms with van der Waals surface area (Å²) < 4.78 is 0. The third-order valence-electron chi connectivity index (χ3n) is 6.97. The second-order valence-corrected chi connectivity index (χ2v) is 10.9. The fourth-order valence-corrected chi connectivity index (χ4v) is 5.04. The monoisotopic (exact) mass is 592 g/mol. The molecule has 1 saturated heterocycles. The summed E-state index contributed by atoms with van der Waals surface area (Å²) in [4.78, 5) is 40.0. The molecule has 41 heavy (non-hydrogen) atoms. The van der Waals surface area contributed by atoms with Gasteiger partial charge < -0.3 is 21.3 Å². The molecule has 0 aromatic heterocycles. The van der Waals surface area contributed by atoms with E-state index in [1.807, 2.05) is 54.6 Å². The van der Waals surface area contributed by atoms with Crippen molar-refractivity contribution in [1.82, 2.24) is 10.2 Å². The van der Waals surface area contributed by atoms with Crippen molar-refractivity contribution >= 4 is 52.7 Å². The number of anilines is 1. The number of carbonyl (C=O) groups excluding carboxylic acids is 3. The van der Waals surface area contributed by atoms with E-state index in [0.717, 1.165) is 47.9 Å². The molecule has 0 spiro atoms. The first-order chi connectivity index (χ1) is 19.8. The fraction of sp³-hybridized carbons (Fsp3) is 0.281. The molecule has 1 fully saturated rings. The van der Waals surface area contributed by atoms with Gasteiger partial charge in [-0.05, 0) is 84.7 Å². The number of nitrogens with one attached hydrogen (secondary N) is 2. The highest BCUT2D eigenvalue weighted by Crippen LogP contribution is 2.23. The first-order valence-corrected chi connectivity index (χ1v) is 14.5. The Morgan fingerprint density at radius 2 is 1.68 bits per heavy atom. The van der Waals surface area contributed by atoms with Crippen LogP contribution < -0.4 is 16.4 Å². The van der Waals surface area contributed by atoms with E-state index < -0.39 is 6.04 Å². The first-order valence-electron chi connectivity index (χ1n) is 13.7. The van der Waals surface area contributed by atoms with Gasteiger partial charge in [0, 0.05) is 24.9 Å². The number of nitrogens with zero attached hydrogens (tertiary/aromatic N) is 1. The van der Waals surface area contributed by atoms with E-state index in [-0.39, 0.29) is 24.3 Å². The van der Waals surface area contributed by atoms with Crippen LogP contribution in [-0.4, -0.2) is 41.8 Å². The van der Waals surface area contributed by atoms with Gasteiger partial charge in [-0.25, -0.2) is 0 Å². The number of hydrogen-bond donors (Lipinski definition) is 3. The van der Waals surface area contributed by atoms with Gasteiger partial charge in [-0.15, -0.1) is 0 Å². The number of benzene rings is 3. The second-order valence-electron chi connectivity index (χ2n) is 10.1. The van der Waals surface area contributed by atoms with Crippen LogP contribution >= 0.6 is 23.2 Å². The number of likely N-dealkylation sites (tertiary alicyclic amines) is 1. The van der Waals surface area contributed by atoms with E-state index in [9.17, 15) is 14.4 Å². The molecule has 4 rings (SSSR count). The van der Waals surface area contributed by atoms with Crippen LogP contribution in [0.25, 0.3) is 6.08 Å². The van der Waals surface area contributed by atoms with E-state index in [4.69, 9.17) is 28.9 Å². The highest BCUT2D eigenvalue weighted by Gasteiger charge is 2.29.